The van der Waals surface area contributed by atoms with Crippen molar-refractivity contribution in [3.8, 4) is 11.5 Å². The summed E-state index contributed by atoms with van der Waals surface area (Å²) in [7, 11) is 2.95. The molecule has 0 amide bonds. The van der Waals surface area contributed by atoms with Crippen molar-refractivity contribution in [1.29, 1.82) is 0 Å². The van der Waals surface area contributed by atoms with Crippen LogP contribution in [0, 0.1) is 5.82 Å². The summed E-state index contributed by atoms with van der Waals surface area (Å²) in [5, 5.41) is 0. The molecule has 234 valence electrons. The van der Waals surface area contributed by atoms with Crippen molar-refractivity contribution in [1.82, 2.24) is 4.90 Å². The van der Waals surface area contributed by atoms with Gasteiger partial charge in [-0.15, -0.1) is 0 Å². The summed E-state index contributed by atoms with van der Waals surface area (Å²) >= 11 is 0. The molecule has 0 bridgehead atoms. The molecular formula is C32H34F4N4O4. The van der Waals surface area contributed by atoms with E-state index in [1.165, 1.54) is 25.3 Å². The molecule has 0 spiro atoms. The van der Waals surface area contributed by atoms with Crippen LogP contribution >= 0.6 is 0 Å². The van der Waals surface area contributed by atoms with Crippen LogP contribution in [0.2, 0.25) is 0 Å². The van der Waals surface area contributed by atoms with Crippen molar-refractivity contribution >= 4 is 29.0 Å². The van der Waals surface area contributed by atoms with Crippen molar-refractivity contribution in [3.05, 3.63) is 77.6 Å². The number of alkyl halides is 3. The summed E-state index contributed by atoms with van der Waals surface area (Å²) in [6, 6.07) is 14.2. The standard InChI is InChI=1S/C32H34F4N4O4/c1-20(2)44-29(41)19-26-24-9-6-10-25(33)30(24)37-31(40(26)27-17-21(32(34,35)36)11-12-28(27)43-4)39-15-13-38(14-16-39)22-7-5-8-23(18-22)42-3/h5-12,17-18,20,26H,13-16,19H2,1-4H3/t26-/m0/s1. The second kappa shape index (κ2) is 12.6. The monoisotopic (exact) mass is 614 g/mol. The third kappa shape index (κ3) is 6.39. The number of carbonyl (C=O) groups is 1. The van der Waals surface area contributed by atoms with E-state index in [1.807, 2.05) is 29.2 Å². The van der Waals surface area contributed by atoms with Crippen LogP contribution in [0.4, 0.5) is 34.6 Å². The first-order chi connectivity index (χ1) is 21.0. The van der Waals surface area contributed by atoms with Crippen LogP contribution in [0.1, 0.15) is 37.4 Å². The minimum Gasteiger partial charge on any atom is -0.497 e. The van der Waals surface area contributed by atoms with Crippen LogP contribution in [-0.2, 0) is 15.7 Å². The molecule has 3 aromatic carbocycles. The highest BCUT2D eigenvalue weighted by Crippen LogP contribution is 2.46. The van der Waals surface area contributed by atoms with Gasteiger partial charge < -0.3 is 28.9 Å². The Morgan fingerprint density at radius 2 is 1.66 bits per heavy atom. The van der Waals surface area contributed by atoms with Gasteiger partial charge in [0.15, 0.2) is 0 Å². The predicted octanol–water partition coefficient (Wildman–Crippen LogP) is 6.57. The molecule has 0 radical (unpaired) electrons. The minimum atomic E-state index is -4.65. The number of para-hydroxylation sites is 1. The molecule has 0 aromatic heterocycles. The SMILES string of the molecule is COc1cccc(N2CCN(C3=Nc4c(F)cccc4[C@H](CC(=O)OC(C)C)N3c3cc(C(F)(F)F)ccc3OC)CC2)c1. The van der Waals surface area contributed by atoms with Crippen LogP contribution in [0.5, 0.6) is 11.5 Å². The number of nitrogens with zero attached hydrogens (tertiary/aromatic N) is 4. The Morgan fingerprint density at radius 3 is 2.32 bits per heavy atom. The summed E-state index contributed by atoms with van der Waals surface area (Å²) in [6.07, 6.45) is -5.34. The number of fused-ring (bicyclic) bond motifs is 1. The van der Waals surface area contributed by atoms with E-state index in [4.69, 9.17) is 19.2 Å². The van der Waals surface area contributed by atoms with Crippen molar-refractivity contribution in [2.75, 3.05) is 50.2 Å². The van der Waals surface area contributed by atoms with E-state index in [2.05, 4.69) is 4.90 Å². The molecule has 0 aliphatic carbocycles. The average Bonchev–Trinajstić information content (AvgIpc) is 3.00. The van der Waals surface area contributed by atoms with Gasteiger partial charge in [0.05, 0.1) is 44.0 Å². The third-order valence-corrected chi connectivity index (χ3v) is 7.59. The van der Waals surface area contributed by atoms with E-state index in [0.29, 0.717) is 37.5 Å². The van der Waals surface area contributed by atoms with Crippen LogP contribution in [0.15, 0.2) is 65.7 Å². The number of hydrogen-bond acceptors (Lipinski definition) is 8. The number of esters is 1. The number of benzene rings is 3. The lowest BCUT2D eigenvalue weighted by molar-refractivity contribution is -0.147. The average molecular weight is 615 g/mol. The van der Waals surface area contributed by atoms with Crippen LogP contribution in [0.3, 0.4) is 0 Å². The molecule has 5 rings (SSSR count). The van der Waals surface area contributed by atoms with Crippen molar-refractivity contribution < 1.29 is 36.6 Å². The number of piperazine rings is 1. The zero-order valence-electron chi connectivity index (χ0n) is 24.9. The number of anilines is 2. The Balaban J connectivity index is 1.61. The molecule has 2 heterocycles. The molecule has 8 nitrogen and oxygen atoms in total. The highest BCUT2D eigenvalue weighted by Gasteiger charge is 2.40. The molecule has 3 aromatic rings. The highest BCUT2D eigenvalue weighted by molar-refractivity contribution is 6.02. The van der Waals surface area contributed by atoms with Crippen molar-refractivity contribution in [2.24, 2.45) is 4.99 Å². The molecule has 0 saturated carbocycles. The lowest BCUT2D eigenvalue weighted by Crippen LogP contribution is -2.55. The molecule has 12 heteroatoms. The van der Waals surface area contributed by atoms with Crippen molar-refractivity contribution in [2.45, 2.75) is 38.6 Å². The summed E-state index contributed by atoms with van der Waals surface area (Å²) in [4.78, 5) is 23.4. The zero-order valence-corrected chi connectivity index (χ0v) is 24.9. The maximum Gasteiger partial charge on any atom is 0.416 e. The van der Waals surface area contributed by atoms with Gasteiger partial charge in [-0.2, -0.15) is 13.2 Å². The first-order valence-corrected chi connectivity index (χ1v) is 14.2. The smallest absolute Gasteiger partial charge is 0.416 e. The Bertz CT molecular complexity index is 1540. The Morgan fingerprint density at radius 1 is 0.955 bits per heavy atom. The molecule has 1 fully saturated rings. The van der Waals surface area contributed by atoms with E-state index < -0.39 is 35.7 Å². The van der Waals surface area contributed by atoms with Crippen molar-refractivity contribution in [3.63, 3.8) is 0 Å². The van der Waals surface area contributed by atoms with Gasteiger partial charge in [0.2, 0.25) is 5.96 Å². The second-order valence-corrected chi connectivity index (χ2v) is 10.8. The number of ether oxygens (including phenoxy) is 3. The first-order valence-electron chi connectivity index (χ1n) is 14.2. The normalized spacial score (nSPS) is 16.9. The third-order valence-electron chi connectivity index (χ3n) is 7.59. The molecule has 1 saturated heterocycles. The van der Waals surface area contributed by atoms with E-state index in [9.17, 15) is 18.0 Å². The van der Waals surface area contributed by atoms with Gasteiger partial charge >= 0.3 is 12.1 Å². The lowest BCUT2D eigenvalue weighted by Gasteiger charge is -2.45. The Hall–Kier alpha value is -4.48. The maximum atomic E-state index is 15.3. The lowest BCUT2D eigenvalue weighted by atomic mass is 9.96. The van der Waals surface area contributed by atoms with Gasteiger partial charge in [-0.3, -0.25) is 4.79 Å². The molecule has 1 atom stereocenters. The molecule has 0 unspecified atom stereocenters. The zero-order chi connectivity index (χ0) is 31.6. The fraction of sp³-hybridized carbons (Fsp3) is 0.375. The molecule has 0 N–H and O–H groups in total. The fourth-order valence-electron chi connectivity index (χ4n) is 5.55. The number of hydrogen-bond donors (Lipinski definition) is 0. The van der Waals surface area contributed by atoms with Gasteiger partial charge in [0, 0.05) is 43.5 Å². The van der Waals surface area contributed by atoms with E-state index in [0.717, 1.165) is 17.8 Å². The predicted molar refractivity (Wildman–Crippen MR) is 159 cm³/mol. The van der Waals surface area contributed by atoms with E-state index in [1.54, 1.807) is 31.9 Å². The number of carbonyl (C=O) groups excluding carboxylic acids is 1. The van der Waals surface area contributed by atoms with E-state index >= 15 is 4.39 Å². The summed E-state index contributed by atoms with van der Waals surface area (Å²) in [5.74, 6) is -0.114. The second-order valence-electron chi connectivity index (χ2n) is 10.8. The highest BCUT2D eigenvalue weighted by atomic mass is 19.4. The van der Waals surface area contributed by atoms with Gasteiger partial charge in [-0.1, -0.05) is 18.2 Å². The summed E-state index contributed by atoms with van der Waals surface area (Å²) in [5.41, 5.74) is 0.487. The van der Waals surface area contributed by atoms with Gasteiger partial charge in [0.1, 0.15) is 23.0 Å². The number of rotatable bonds is 7. The fourth-order valence-corrected chi connectivity index (χ4v) is 5.55. The first kappa shape index (κ1) is 31.0. The van der Waals surface area contributed by atoms with Gasteiger partial charge in [-0.05, 0) is 50.2 Å². The number of aliphatic imine (C=N–C) groups is 1. The van der Waals surface area contributed by atoms with E-state index in [-0.39, 0.29) is 29.5 Å². The molecule has 44 heavy (non-hydrogen) atoms. The summed E-state index contributed by atoms with van der Waals surface area (Å²) < 4.78 is 73.6. The van der Waals surface area contributed by atoms with Crippen LogP contribution in [0.25, 0.3) is 0 Å². The number of methoxy groups -OCH3 is 2. The number of halogens is 4. The number of guanidine groups is 1. The Labute approximate surface area is 253 Å². The van der Waals surface area contributed by atoms with Gasteiger partial charge in [0.25, 0.3) is 0 Å². The van der Waals surface area contributed by atoms with Gasteiger partial charge in [-0.25, -0.2) is 9.38 Å². The minimum absolute atomic E-state index is 0.0299. The largest absolute Gasteiger partial charge is 0.497 e. The quantitative estimate of drug-likeness (QED) is 0.220. The molecule has 2 aliphatic rings. The topological polar surface area (TPSA) is 66.8 Å². The Kier molecular flexibility index (Phi) is 8.89. The molecule has 2 aliphatic heterocycles. The maximum absolute atomic E-state index is 15.3. The summed E-state index contributed by atoms with van der Waals surface area (Å²) in [6.45, 7) is 5.33. The van der Waals surface area contributed by atoms with Crippen LogP contribution in [-0.4, -0.2) is 63.3 Å². The molecular weight excluding hydrogens is 580 g/mol. The van der Waals surface area contributed by atoms with Crippen LogP contribution < -0.4 is 19.3 Å².